The van der Waals surface area contributed by atoms with Crippen LogP contribution in [-0.2, 0) is 4.79 Å². The first-order chi connectivity index (χ1) is 7.11. The minimum atomic E-state index is 0.190. The molecular weight excluding hydrogens is 183 g/mol. The molecule has 83 valence electrons. The van der Waals surface area contributed by atoms with Crippen molar-refractivity contribution in [1.82, 2.24) is 0 Å². The van der Waals surface area contributed by atoms with Crippen LogP contribution in [0.5, 0.6) is 0 Å². The smallest absolute Gasteiger partial charge is 0.244 e. The van der Waals surface area contributed by atoms with Gasteiger partial charge in [-0.1, -0.05) is 65.2 Å². The lowest BCUT2D eigenvalue weighted by molar-refractivity contribution is 0.527. The Balaban J connectivity index is 2.18. The molecule has 0 aromatic rings. The van der Waals surface area contributed by atoms with Gasteiger partial charge in [-0.25, -0.2) is 0 Å². The molecule has 0 heterocycles. The summed E-state index contributed by atoms with van der Waals surface area (Å²) < 4.78 is 0. The number of hydrogen-bond donors (Lipinski definition) is 0. The lowest BCUT2D eigenvalue weighted by Crippen LogP contribution is -2.40. The van der Waals surface area contributed by atoms with E-state index in [9.17, 15) is 4.79 Å². The maximum Gasteiger partial charge on any atom is 0.244 e. The molecule has 0 spiro atoms. The molecule has 15 heavy (non-hydrogen) atoms. The molecule has 0 bridgehead atoms. The molecule has 2 heteroatoms. The molecule has 0 atom stereocenters. The van der Waals surface area contributed by atoms with E-state index < -0.39 is 0 Å². The molecule has 2 aliphatic rings. The van der Waals surface area contributed by atoms with E-state index in [0.29, 0.717) is 0 Å². The fourth-order valence-electron chi connectivity index (χ4n) is 4.07. The average Bonchev–Trinajstić information content (AvgIpc) is 2.77. The van der Waals surface area contributed by atoms with E-state index in [4.69, 9.17) is 0 Å². The summed E-state index contributed by atoms with van der Waals surface area (Å²) in [5.74, 6) is 0. The van der Waals surface area contributed by atoms with Crippen LogP contribution in [-0.4, -0.2) is 12.9 Å². The Morgan fingerprint density at radius 2 is 1.20 bits per heavy atom. The van der Waals surface area contributed by atoms with Gasteiger partial charge < -0.3 is 4.79 Å². The largest absolute Gasteiger partial charge is 0.304 e. The summed E-state index contributed by atoms with van der Waals surface area (Å²) in [6.45, 7) is 4.83. The molecule has 0 saturated heterocycles. The van der Waals surface area contributed by atoms with Crippen LogP contribution in [0.25, 0.3) is 0 Å². The molecule has 0 amide bonds. The monoisotopic (exact) mass is 205 g/mol. The summed E-state index contributed by atoms with van der Waals surface area (Å²) in [4.78, 5) is 11.4. The molecule has 0 aromatic carbocycles. The Hall–Kier alpha value is -0.265. The van der Waals surface area contributed by atoms with Crippen LogP contribution in [0.1, 0.15) is 65.2 Å². The molecule has 0 aliphatic heterocycles. The fourth-order valence-corrected chi connectivity index (χ4v) is 4.07. The van der Waals surface area contributed by atoms with Crippen molar-refractivity contribution in [3.05, 3.63) is 0 Å². The summed E-state index contributed by atoms with van der Waals surface area (Å²) in [7, 11) is 0. The van der Waals surface area contributed by atoms with Gasteiger partial charge in [-0.05, 0) is 10.6 Å². The first kappa shape index (κ1) is 11.2. The van der Waals surface area contributed by atoms with Gasteiger partial charge in [-0.2, -0.15) is 0 Å². The zero-order chi connectivity index (χ0) is 10.9. The van der Waals surface area contributed by atoms with E-state index in [-0.39, 0.29) is 17.3 Å². The van der Waals surface area contributed by atoms with Gasteiger partial charge in [0.15, 0.2) is 0 Å². The SMILES string of the molecule is CC1(B([C]=O)C2(C)CCCC2)CCCC1. The maximum absolute atomic E-state index is 11.4. The highest BCUT2D eigenvalue weighted by Crippen LogP contribution is 2.58. The van der Waals surface area contributed by atoms with Crippen LogP contribution < -0.4 is 0 Å². The lowest BCUT2D eigenvalue weighted by Gasteiger charge is -2.38. The predicted molar refractivity (Wildman–Crippen MR) is 65.1 cm³/mol. The Morgan fingerprint density at radius 3 is 1.47 bits per heavy atom. The van der Waals surface area contributed by atoms with Crippen LogP contribution in [0.2, 0.25) is 10.6 Å². The molecule has 2 rings (SSSR count). The fraction of sp³-hybridized carbons (Fsp3) is 0.923. The molecule has 1 nitrogen and oxygen atoms in total. The van der Waals surface area contributed by atoms with Crippen molar-refractivity contribution in [2.24, 2.45) is 0 Å². The molecule has 2 fully saturated rings. The standard InChI is InChI=1S/C13H22BO/c1-12(7-3-4-8-12)14(11-15)13(2)9-5-6-10-13/h3-10H2,1-2H3. The summed E-state index contributed by atoms with van der Waals surface area (Å²) >= 11 is 0. The highest BCUT2D eigenvalue weighted by Gasteiger charge is 2.51. The van der Waals surface area contributed by atoms with Crippen molar-refractivity contribution in [3.63, 3.8) is 0 Å². The third-order valence-electron chi connectivity index (χ3n) is 5.00. The predicted octanol–water partition coefficient (Wildman–Crippen LogP) is 3.80. The minimum Gasteiger partial charge on any atom is -0.304 e. The third kappa shape index (κ3) is 1.88. The van der Waals surface area contributed by atoms with Gasteiger partial charge in [-0.15, -0.1) is 0 Å². The molecular formula is C13H22BO. The van der Waals surface area contributed by atoms with Gasteiger partial charge in [0.2, 0.25) is 6.71 Å². The van der Waals surface area contributed by atoms with E-state index in [1.807, 2.05) is 0 Å². The van der Waals surface area contributed by atoms with Crippen LogP contribution in [0, 0.1) is 0 Å². The van der Waals surface area contributed by atoms with E-state index in [1.165, 1.54) is 51.4 Å². The topological polar surface area (TPSA) is 17.1 Å². The number of carbonyl (C=O) groups excluding carboxylic acids is 1. The normalized spacial score (nSPS) is 27.9. The molecule has 0 N–H and O–H groups in total. The molecule has 2 aliphatic carbocycles. The lowest BCUT2D eigenvalue weighted by atomic mass is 9.22. The summed E-state index contributed by atoms with van der Waals surface area (Å²) in [6, 6.07) is 0. The van der Waals surface area contributed by atoms with Crippen LogP contribution in [0.4, 0.5) is 0 Å². The first-order valence-electron chi connectivity index (χ1n) is 6.48. The van der Waals surface area contributed by atoms with Crippen molar-refractivity contribution in [3.8, 4) is 0 Å². The van der Waals surface area contributed by atoms with Crippen LogP contribution >= 0.6 is 0 Å². The zero-order valence-electron chi connectivity index (χ0n) is 10.1. The van der Waals surface area contributed by atoms with Crippen molar-refractivity contribution in [2.75, 3.05) is 0 Å². The molecule has 0 aromatic heterocycles. The summed E-state index contributed by atoms with van der Waals surface area (Å²) in [5, 5.41) is 0.529. The van der Waals surface area contributed by atoms with E-state index >= 15 is 0 Å². The minimum absolute atomic E-state index is 0.190. The molecule has 2 saturated carbocycles. The van der Waals surface area contributed by atoms with E-state index in [0.717, 1.165) is 0 Å². The van der Waals surface area contributed by atoms with Crippen molar-refractivity contribution < 1.29 is 4.79 Å². The molecule has 1 radical (unpaired) electrons. The second-order valence-corrected chi connectivity index (χ2v) is 6.27. The maximum atomic E-state index is 11.4. The van der Waals surface area contributed by atoms with Crippen LogP contribution in [0.3, 0.4) is 0 Å². The Bertz CT molecular complexity index is 215. The first-order valence-corrected chi connectivity index (χ1v) is 6.48. The number of hydrogen-bond acceptors (Lipinski definition) is 1. The number of rotatable bonds is 3. The Morgan fingerprint density at radius 1 is 0.867 bits per heavy atom. The zero-order valence-corrected chi connectivity index (χ0v) is 10.1. The van der Waals surface area contributed by atoms with Crippen molar-refractivity contribution >= 4 is 12.9 Å². The average molecular weight is 205 g/mol. The summed E-state index contributed by atoms with van der Waals surface area (Å²) in [5.41, 5.74) is 0. The summed E-state index contributed by atoms with van der Waals surface area (Å²) in [6.07, 6.45) is 12.6. The van der Waals surface area contributed by atoms with E-state index in [1.54, 1.807) is 0 Å². The Kier molecular flexibility index (Phi) is 2.96. The van der Waals surface area contributed by atoms with Crippen LogP contribution in [0.15, 0.2) is 0 Å². The van der Waals surface area contributed by atoms with Gasteiger partial charge >= 0.3 is 0 Å². The second kappa shape index (κ2) is 3.95. The highest BCUT2D eigenvalue weighted by atomic mass is 16.1. The van der Waals surface area contributed by atoms with Crippen molar-refractivity contribution in [2.45, 2.75) is 75.8 Å². The van der Waals surface area contributed by atoms with E-state index in [2.05, 4.69) is 20.0 Å². The quantitative estimate of drug-likeness (QED) is 0.640. The van der Waals surface area contributed by atoms with Gasteiger partial charge in [0.05, 0.1) is 0 Å². The highest BCUT2D eigenvalue weighted by molar-refractivity contribution is 6.89. The van der Waals surface area contributed by atoms with Gasteiger partial charge in [0.25, 0.3) is 0 Å². The molecule has 0 unspecified atom stereocenters. The van der Waals surface area contributed by atoms with Gasteiger partial charge in [0, 0.05) is 0 Å². The second-order valence-electron chi connectivity index (χ2n) is 6.27. The van der Waals surface area contributed by atoms with Gasteiger partial charge in [-0.3, -0.25) is 0 Å². The Labute approximate surface area is 94.1 Å². The van der Waals surface area contributed by atoms with Gasteiger partial charge in [0.1, 0.15) is 6.19 Å². The third-order valence-corrected chi connectivity index (χ3v) is 5.00. The van der Waals surface area contributed by atoms with Crippen molar-refractivity contribution in [1.29, 1.82) is 0 Å².